The lowest BCUT2D eigenvalue weighted by Crippen LogP contribution is -2.32. The zero-order chi connectivity index (χ0) is 21.1. The highest BCUT2D eigenvalue weighted by atomic mass is 35.5. The third-order valence-electron chi connectivity index (χ3n) is 7.06. The molecule has 4 heteroatoms. The number of nitrogens with zero attached hydrogens (tertiary/aromatic N) is 1. The van der Waals surface area contributed by atoms with Crippen molar-refractivity contribution in [2.24, 2.45) is 23.7 Å². The Balaban J connectivity index is 1.49. The van der Waals surface area contributed by atoms with Crippen molar-refractivity contribution in [3.8, 4) is 0 Å². The number of imide groups is 1. The molecular formula is C27H20ClNO2. The first-order valence-corrected chi connectivity index (χ1v) is 11.0. The fourth-order valence-electron chi connectivity index (χ4n) is 5.94. The Morgan fingerprint density at radius 1 is 0.645 bits per heavy atom. The van der Waals surface area contributed by atoms with E-state index < -0.39 is 0 Å². The van der Waals surface area contributed by atoms with Crippen molar-refractivity contribution in [3.63, 3.8) is 0 Å². The van der Waals surface area contributed by atoms with Crippen molar-refractivity contribution in [2.75, 3.05) is 4.90 Å². The van der Waals surface area contributed by atoms with E-state index in [2.05, 4.69) is 24.3 Å². The molecule has 4 atom stereocenters. The number of hydrogen-bond acceptors (Lipinski definition) is 2. The van der Waals surface area contributed by atoms with Gasteiger partial charge in [-0.05, 0) is 64.8 Å². The number of rotatable bonds is 3. The number of fused-ring (bicyclic) bond motifs is 5. The molecular weight excluding hydrogens is 406 g/mol. The van der Waals surface area contributed by atoms with Gasteiger partial charge in [-0.1, -0.05) is 72.3 Å². The highest BCUT2D eigenvalue weighted by Crippen LogP contribution is 2.63. The van der Waals surface area contributed by atoms with Crippen molar-refractivity contribution in [1.29, 1.82) is 0 Å². The Morgan fingerprint density at radius 3 is 1.55 bits per heavy atom. The van der Waals surface area contributed by atoms with Crippen molar-refractivity contribution < 1.29 is 9.59 Å². The first-order chi connectivity index (χ1) is 15.1. The van der Waals surface area contributed by atoms with Gasteiger partial charge in [0.15, 0.2) is 0 Å². The molecule has 152 valence electrons. The van der Waals surface area contributed by atoms with Gasteiger partial charge in [0.2, 0.25) is 11.8 Å². The predicted molar refractivity (Wildman–Crippen MR) is 122 cm³/mol. The lowest BCUT2D eigenvalue weighted by Gasteiger charge is -2.27. The van der Waals surface area contributed by atoms with Crippen LogP contribution in [0.3, 0.4) is 0 Å². The van der Waals surface area contributed by atoms with E-state index in [0.29, 0.717) is 10.7 Å². The monoisotopic (exact) mass is 425 g/mol. The van der Waals surface area contributed by atoms with Crippen LogP contribution in [0.5, 0.6) is 0 Å². The second-order valence-electron chi connectivity index (χ2n) is 8.55. The molecule has 1 aliphatic heterocycles. The number of amides is 2. The third kappa shape index (κ3) is 2.66. The van der Waals surface area contributed by atoms with Crippen molar-refractivity contribution >= 4 is 40.2 Å². The highest BCUT2D eigenvalue weighted by Gasteiger charge is 2.64. The molecule has 2 amide bonds. The fraction of sp³-hybridized carbons (Fsp3) is 0.185. The molecule has 0 aromatic heterocycles. The summed E-state index contributed by atoms with van der Waals surface area (Å²) in [6.07, 6.45) is 0.857. The van der Waals surface area contributed by atoms with E-state index in [1.807, 2.05) is 36.4 Å². The van der Waals surface area contributed by atoms with E-state index in [1.165, 1.54) is 16.0 Å². The fourth-order valence-corrected chi connectivity index (χ4v) is 6.07. The second-order valence-corrected chi connectivity index (χ2v) is 8.98. The summed E-state index contributed by atoms with van der Waals surface area (Å²) in [6.45, 7) is 0. The molecule has 3 nitrogen and oxygen atoms in total. The molecule has 1 heterocycles. The Labute approximate surface area is 186 Å². The molecule has 3 aliphatic rings. The van der Waals surface area contributed by atoms with Crippen LogP contribution in [0.2, 0.25) is 5.02 Å². The largest absolute Gasteiger partial charge is 0.274 e. The molecule has 0 N–H and O–H groups in total. The first kappa shape index (κ1) is 18.6. The van der Waals surface area contributed by atoms with Gasteiger partial charge in [0.1, 0.15) is 0 Å². The van der Waals surface area contributed by atoms with Gasteiger partial charge in [0.25, 0.3) is 0 Å². The molecule has 0 radical (unpaired) electrons. The number of carbonyl (C=O) groups excluding carboxylic acids is 2. The van der Waals surface area contributed by atoms with Gasteiger partial charge < -0.3 is 0 Å². The molecule has 1 saturated heterocycles. The Hall–Kier alpha value is -3.17. The average Bonchev–Trinajstić information content (AvgIpc) is 3.45. The Morgan fingerprint density at radius 2 is 1.10 bits per heavy atom. The van der Waals surface area contributed by atoms with Gasteiger partial charge in [-0.2, -0.15) is 0 Å². The SMILES string of the molecule is O=C1[C@@H]2[C@H](C(=O)N1c1ccc(Cl)cc1)[C@H]1C[C@H]2C(c2ccccc2)=C1c1ccccc1. The summed E-state index contributed by atoms with van der Waals surface area (Å²) in [7, 11) is 0. The van der Waals surface area contributed by atoms with Crippen molar-refractivity contribution in [3.05, 3.63) is 101 Å². The maximum atomic E-state index is 13.5. The third-order valence-corrected chi connectivity index (χ3v) is 7.31. The molecule has 1 saturated carbocycles. The topological polar surface area (TPSA) is 37.4 Å². The maximum absolute atomic E-state index is 13.5. The minimum atomic E-state index is -0.296. The summed E-state index contributed by atoms with van der Waals surface area (Å²) in [4.78, 5) is 28.5. The smallest absolute Gasteiger partial charge is 0.238 e. The Kier molecular flexibility index (Phi) is 4.15. The standard InChI is InChI=1S/C27H20ClNO2/c28-18-11-13-19(14-12-18)29-26(30)24-20-15-21(25(24)27(29)31)23(17-9-5-2-6-10-17)22(20)16-7-3-1-4-8-16/h1-14,20-21,24-25H,15H2/t20-,21-,24-,25+/m0/s1. The minimum absolute atomic E-state index is 0.0568. The van der Waals surface area contributed by atoms with Crippen LogP contribution in [0.1, 0.15) is 17.5 Å². The van der Waals surface area contributed by atoms with E-state index in [-0.39, 0.29) is 35.5 Å². The van der Waals surface area contributed by atoms with Crippen LogP contribution in [0.4, 0.5) is 5.69 Å². The molecule has 2 fully saturated rings. The summed E-state index contributed by atoms with van der Waals surface area (Å²) in [5.41, 5.74) is 5.38. The van der Waals surface area contributed by atoms with E-state index in [0.717, 1.165) is 17.5 Å². The molecule has 6 rings (SSSR count). The highest BCUT2D eigenvalue weighted by molar-refractivity contribution is 6.31. The van der Waals surface area contributed by atoms with Crippen LogP contribution in [0, 0.1) is 23.7 Å². The molecule has 3 aromatic rings. The quantitative estimate of drug-likeness (QED) is 0.504. The van der Waals surface area contributed by atoms with Crippen LogP contribution >= 0.6 is 11.6 Å². The minimum Gasteiger partial charge on any atom is -0.274 e. The molecule has 31 heavy (non-hydrogen) atoms. The van der Waals surface area contributed by atoms with E-state index in [9.17, 15) is 9.59 Å². The molecule has 0 spiro atoms. The average molecular weight is 426 g/mol. The van der Waals surface area contributed by atoms with Crippen molar-refractivity contribution in [1.82, 2.24) is 0 Å². The lowest BCUT2D eigenvalue weighted by molar-refractivity contribution is -0.123. The summed E-state index contributed by atoms with van der Waals surface area (Å²) in [5.74, 6) is -0.634. The van der Waals surface area contributed by atoms with Crippen molar-refractivity contribution in [2.45, 2.75) is 6.42 Å². The number of carbonyl (C=O) groups is 2. The van der Waals surface area contributed by atoms with Gasteiger partial charge in [0, 0.05) is 5.02 Å². The molecule has 2 bridgehead atoms. The lowest BCUT2D eigenvalue weighted by atomic mass is 9.73. The molecule has 2 aliphatic carbocycles. The number of hydrogen-bond donors (Lipinski definition) is 0. The van der Waals surface area contributed by atoms with E-state index in [4.69, 9.17) is 11.6 Å². The van der Waals surface area contributed by atoms with Gasteiger partial charge in [-0.3, -0.25) is 14.5 Å². The number of benzene rings is 3. The Bertz CT molecular complexity index is 1140. The first-order valence-electron chi connectivity index (χ1n) is 10.6. The van der Waals surface area contributed by atoms with Crippen LogP contribution < -0.4 is 4.90 Å². The second kappa shape index (κ2) is 6.93. The zero-order valence-corrected chi connectivity index (χ0v) is 17.5. The van der Waals surface area contributed by atoms with E-state index >= 15 is 0 Å². The van der Waals surface area contributed by atoms with Gasteiger partial charge >= 0.3 is 0 Å². The van der Waals surface area contributed by atoms with Gasteiger partial charge in [-0.25, -0.2) is 0 Å². The van der Waals surface area contributed by atoms with Crippen LogP contribution in [-0.2, 0) is 9.59 Å². The van der Waals surface area contributed by atoms with Crippen LogP contribution in [0.15, 0.2) is 84.9 Å². The van der Waals surface area contributed by atoms with Crippen LogP contribution in [-0.4, -0.2) is 11.8 Å². The van der Waals surface area contributed by atoms with Crippen LogP contribution in [0.25, 0.3) is 11.1 Å². The zero-order valence-electron chi connectivity index (χ0n) is 16.7. The van der Waals surface area contributed by atoms with Gasteiger partial charge in [0.05, 0.1) is 17.5 Å². The summed E-state index contributed by atoms with van der Waals surface area (Å²) >= 11 is 6.02. The molecule has 3 aromatic carbocycles. The van der Waals surface area contributed by atoms with Gasteiger partial charge in [-0.15, -0.1) is 0 Å². The normalized spacial score (nSPS) is 26.7. The predicted octanol–water partition coefficient (Wildman–Crippen LogP) is 5.71. The number of halogens is 1. The number of anilines is 1. The number of allylic oxidation sites excluding steroid dienone is 2. The summed E-state index contributed by atoms with van der Waals surface area (Å²) in [5, 5.41) is 0.586. The maximum Gasteiger partial charge on any atom is 0.238 e. The summed E-state index contributed by atoms with van der Waals surface area (Å²) < 4.78 is 0. The summed E-state index contributed by atoms with van der Waals surface area (Å²) in [6, 6.07) is 27.6. The molecule has 0 unspecified atom stereocenters. The van der Waals surface area contributed by atoms with E-state index in [1.54, 1.807) is 24.3 Å².